The number of hydrogen-bond acceptors (Lipinski definition) is 3. The number of amides is 2. The molecule has 2 aromatic rings. The fourth-order valence-electron chi connectivity index (χ4n) is 4.49. The zero-order valence-corrected chi connectivity index (χ0v) is 16.7. The number of fused-ring (bicyclic) bond motifs is 1. The number of benzene rings is 1. The van der Waals surface area contributed by atoms with Crippen molar-refractivity contribution in [2.24, 2.45) is 5.92 Å². The minimum Gasteiger partial charge on any atom is -0.342 e. The second-order valence-corrected chi connectivity index (χ2v) is 8.55. The molecule has 0 saturated carbocycles. The minimum absolute atomic E-state index is 0.181. The van der Waals surface area contributed by atoms with E-state index in [-0.39, 0.29) is 23.7 Å². The van der Waals surface area contributed by atoms with Gasteiger partial charge in [0.2, 0.25) is 11.8 Å². The van der Waals surface area contributed by atoms with Gasteiger partial charge >= 0.3 is 0 Å². The summed E-state index contributed by atoms with van der Waals surface area (Å²) in [5.74, 6) is 0.471. The van der Waals surface area contributed by atoms with Crippen LogP contribution in [0.15, 0.2) is 41.1 Å². The molecule has 0 unspecified atom stereocenters. The van der Waals surface area contributed by atoms with Crippen LogP contribution in [-0.4, -0.2) is 47.3 Å². The third kappa shape index (κ3) is 4.27. The Bertz CT molecular complexity index is 839. The second-order valence-electron chi connectivity index (χ2n) is 7.77. The van der Waals surface area contributed by atoms with Crippen LogP contribution in [0, 0.1) is 11.7 Å². The lowest BCUT2D eigenvalue weighted by Crippen LogP contribution is -2.57. The zero-order chi connectivity index (χ0) is 19.5. The van der Waals surface area contributed by atoms with E-state index in [1.54, 1.807) is 17.4 Å². The third-order valence-electron chi connectivity index (χ3n) is 5.96. The van der Waals surface area contributed by atoms with E-state index in [2.05, 4.69) is 0 Å². The first-order chi connectivity index (χ1) is 13.6. The summed E-state index contributed by atoms with van der Waals surface area (Å²) in [6, 6.07) is 8.79. The molecule has 4 rings (SSSR count). The molecule has 3 heterocycles. The number of rotatable bonds is 5. The topological polar surface area (TPSA) is 40.6 Å². The first-order valence-corrected chi connectivity index (χ1v) is 10.9. The standard InChI is InChI=1S/C22H25FN2O2S/c23-19-3-1-2-16(12-19)6-10-25-20-7-9-24(14-18(20)4-5-21(25)26)22(27)13-17-8-11-28-15-17/h1-3,8,11-12,15,18,20H,4-7,9-10,13-14H2/t18-,20+/m1/s1. The molecule has 4 nitrogen and oxygen atoms in total. The van der Waals surface area contributed by atoms with Crippen LogP contribution in [0.2, 0.25) is 0 Å². The highest BCUT2D eigenvalue weighted by Gasteiger charge is 2.40. The van der Waals surface area contributed by atoms with E-state index in [0.717, 1.165) is 30.5 Å². The van der Waals surface area contributed by atoms with Crippen LogP contribution in [0.4, 0.5) is 4.39 Å². The summed E-state index contributed by atoms with van der Waals surface area (Å²) in [7, 11) is 0. The lowest BCUT2D eigenvalue weighted by Gasteiger charge is -2.47. The first-order valence-electron chi connectivity index (χ1n) is 9.93. The van der Waals surface area contributed by atoms with Crippen LogP contribution in [0.5, 0.6) is 0 Å². The summed E-state index contributed by atoms with van der Waals surface area (Å²) in [6.45, 7) is 2.05. The van der Waals surface area contributed by atoms with Crippen molar-refractivity contribution in [1.29, 1.82) is 0 Å². The highest BCUT2D eigenvalue weighted by molar-refractivity contribution is 7.08. The molecule has 1 aromatic carbocycles. The lowest BCUT2D eigenvalue weighted by atomic mass is 9.83. The average Bonchev–Trinajstić information content (AvgIpc) is 3.20. The average molecular weight is 401 g/mol. The molecule has 0 N–H and O–H groups in total. The number of piperidine rings is 2. The van der Waals surface area contributed by atoms with Crippen molar-refractivity contribution in [3.05, 3.63) is 58.0 Å². The van der Waals surface area contributed by atoms with Crippen LogP contribution in [-0.2, 0) is 22.4 Å². The Hall–Kier alpha value is -2.21. The van der Waals surface area contributed by atoms with Gasteiger partial charge in [0.1, 0.15) is 5.82 Å². The molecule has 0 radical (unpaired) electrons. The summed E-state index contributed by atoms with van der Waals surface area (Å²) in [5, 5.41) is 4.02. The highest BCUT2D eigenvalue weighted by atomic mass is 32.1. The van der Waals surface area contributed by atoms with Gasteiger partial charge < -0.3 is 9.80 Å². The fraction of sp³-hybridized carbons (Fsp3) is 0.455. The minimum atomic E-state index is -0.238. The molecule has 2 aliphatic rings. The lowest BCUT2D eigenvalue weighted by molar-refractivity contribution is -0.143. The molecular formula is C22H25FN2O2S. The second kappa shape index (κ2) is 8.43. The summed E-state index contributed by atoms with van der Waals surface area (Å²) in [5.41, 5.74) is 1.99. The Morgan fingerprint density at radius 2 is 2.11 bits per heavy atom. The molecule has 6 heteroatoms. The number of halogens is 1. The van der Waals surface area contributed by atoms with Gasteiger partial charge in [-0.25, -0.2) is 4.39 Å². The maximum atomic E-state index is 13.4. The van der Waals surface area contributed by atoms with Gasteiger partial charge in [0.15, 0.2) is 0 Å². The number of carbonyl (C=O) groups excluding carboxylic acids is 2. The number of likely N-dealkylation sites (tertiary alicyclic amines) is 2. The van der Waals surface area contributed by atoms with Crippen molar-refractivity contribution < 1.29 is 14.0 Å². The fourth-order valence-corrected chi connectivity index (χ4v) is 5.16. The van der Waals surface area contributed by atoms with Crippen LogP contribution in [0.25, 0.3) is 0 Å². The van der Waals surface area contributed by atoms with E-state index < -0.39 is 0 Å². The van der Waals surface area contributed by atoms with Crippen LogP contribution in [0.3, 0.4) is 0 Å². The molecule has 0 bridgehead atoms. The summed E-state index contributed by atoms with van der Waals surface area (Å²) < 4.78 is 13.4. The number of nitrogens with zero attached hydrogens (tertiary/aromatic N) is 2. The van der Waals surface area contributed by atoms with Crippen molar-refractivity contribution in [3.63, 3.8) is 0 Å². The normalized spacial score (nSPS) is 22.2. The van der Waals surface area contributed by atoms with Gasteiger partial charge in [-0.05, 0) is 65.3 Å². The molecule has 148 valence electrons. The van der Waals surface area contributed by atoms with Crippen molar-refractivity contribution in [2.45, 2.75) is 38.1 Å². The van der Waals surface area contributed by atoms with E-state index in [1.165, 1.54) is 12.1 Å². The molecule has 2 amide bonds. The van der Waals surface area contributed by atoms with E-state index >= 15 is 0 Å². The summed E-state index contributed by atoms with van der Waals surface area (Å²) in [4.78, 5) is 29.1. The van der Waals surface area contributed by atoms with Crippen LogP contribution in [0.1, 0.15) is 30.4 Å². The number of thiophene rings is 1. The smallest absolute Gasteiger partial charge is 0.227 e. The van der Waals surface area contributed by atoms with E-state index in [1.807, 2.05) is 32.7 Å². The van der Waals surface area contributed by atoms with Crippen molar-refractivity contribution in [1.82, 2.24) is 9.80 Å². The molecule has 0 spiro atoms. The molecule has 2 atom stereocenters. The zero-order valence-electron chi connectivity index (χ0n) is 15.9. The summed E-state index contributed by atoms with van der Waals surface area (Å²) >= 11 is 1.61. The van der Waals surface area contributed by atoms with E-state index in [0.29, 0.717) is 38.3 Å². The SMILES string of the molecule is O=C(Cc1ccsc1)N1CC[C@H]2[C@H](CCC(=O)N2CCc2cccc(F)c2)C1. The molecule has 2 fully saturated rings. The number of carbonyl (C=O) groups is 2. The predicted molar refractivity (Wildman–Crippen MR) is 108 cm³/mol. The van der Waals surface area contributed by atoms with Gasteiger partial charge in [-0.3, -0.25) is 9.59 Å². The maximum Gasteiger partial charge on any atom is 0.227 e. The van der Waals surface area contributed by atoms with E-state index in [4.69, 9.17) is 0 Å². The monoisotopic (exact) mass is 400 g/mol. The Morgan fingerprint density at radius 1 is 1.21 bits per heavy atom. The van der Waals surface area contributed by atoms with Gasteiger partial charge in [0, 0.05) is 32.1 Å². The van der Waals surface area contributed by atoms with Gasteiger partial charge in [-0.1, -0.05) is 12.1 Å². The molecule has 1 aromatic heterocycles. The third-order valence-corrected chi connectivity index (χ3v) is 6.69. The largest absolute Gasteiger partial charge is 0.342 e. The molecule has 28 heavy (non-hydrogen) atoms. The molecule has 2 aliphatic heterocycles. The Morgan fingerprint density at radius 3 is 2.89 bits per heavy atom. The Kier molecular flexibility index (Phi) is 5.76. The molecule has 0 aliphatic carbocycles. The molecule has 2 saturated heterocycles. The first kappa shape index (κ1) is 19.1. The Labute approximate surface area is 169 Å². The maximum absolute atomic E-state index is 13.4. The van der Waals surface area contributed by atoms with Crippen molar-refractivity contribution in [2.75, 3.05) is 19.6 Å². The van der Waals surface area contributed by atoms with E-state index in [9.17, 15) is 14.0 Å². The number of hydrogen-bond donors (Lipinski definition) is 0. The predicted octanol–water partition coefficient (Wildman–Crippen LogP) is 3.51. The van der Waals surface area contributed by atoms with Crippen LogP contribution < -0.4 is 0 Å². The summed E-state index contributed by atoms with van der Waals surface area (Å²) in [6.07, 6.45) is 3.34. The van der Waals surface area contributed by atoms with Crippen molar-refractivity contribution in [3.8, 4) is 0 Å². The highest BCUT2D eigenvalue weighted by Crippen LogP contribution is 2.31. The van der Waals surface area contributed by atoms with Crippen LogP contribution >= 0.6 is 11.3 Å². The van der Waals surface area contributed by atoms with Crippen molar-refractivity contribution >= 4 is 23.2 Å². The van der Waals surface area contributed by atoms with Gasteiger partial charge in [0.25, 0.3) is 0 Å². The van der Waals surface area contributed by atoms with Gasteiger partial charge in [0.05, 0.1) is 6.42 Å². The Balaban J connectivity index is 1.37. The van der Waals surface area contributed by atoms with Gasteiger partial charge in [-0.2, -0.15) is 11.3 Å². The molecular weight excluding hydrogens is 375 g/mol. The quantitative estimate of drug-likeness (QED) is 0.771. The van der Waals surface area contributed by atoms with Gasteiger partial charge in [-0.15, -0.1) is 0 Å².